The van der Waals surface area contributed by atoms with Crippen LogP contribution in [0.15, 0.2) is 115 Å². The third-order valence-electron chi connectivity index (χ3n) is 12.9. The summed E-state index contributed by atoms with van der Waals surface area (Å²) in [6.45, 7) is 11.6. The minimum Gasteiger partial charge on any atom is -0.439 e. The Morgan fingerprint density at radius 2 is 1.62 bits per heavy atom. The standard InChI is InChI=1S/C53H62F3N9O3/c1-51(2)41-21-8-10-23-43(41)63(5)46(51)25-16-26-47-52(3,4)42-22-9-11-24-44(42)65(47)31-14-6-7-27-48(66)58-29-17-30-64-36-39(61-62-64)19-12-13-28-59-50(67)38-18-15-20-40(34-38)68-49-33-37(35-57)32-45(60-49)53(54,55)56/h8-11,15-16,18,20-26,32-34,36H,6-7,12-14,17,19,27-31,35,57H2,1-5H3,(H-,58,59,66,67)/p+1. The number of carbonyl (C=O) groups is 2. The summed E-state index contributed by atoms with van der Waals surface area (Å²) in [4.78, 5) is 31.4. The maximum absolute atomic E-state index is 13.3. The second kappa shape index (κ2) is 21.6. The number of alkyl halides is 3. The molecule has 2 amide bonds. The number of hydrogen-bond donors (Lipinski definition) is 3. The van der Waals surface area contributed by atoms with Gasteiger partial charge in [-0.1, -0.05) is 67.6 Å². The summed E-state index contributed by atoms with van der Waals surface area (Å²) in [7, 11) is 2.15. The second-order valence-corrected chi connectivity index (χ2v) is 18.5. The molecule has 68 heavy (non-hydrogen) atoms. The van der Waals surface area contributed by atoms with Gasteiger partial charge in [-0.05, 0) is 99.9 Å². The van der Waals surface area contributed by atoms with Crippen molar-refractivity contribution in [2.75, 3.05) is 31.6 Å². The molecule has 0 spiro atoms. The molecule has 3 aromatic carbocycles. The molecule has 2 aliphatic heterocycles. The Labute approximate surface area is 397 Å². The molecule has 0 saturated heterocycles. The Morgan fingerprint density at radius 1 is 0.853 bits per heavy atom. The number of rotatable bonds is 21. The van der Waals surface area contributed by atoms with Gasteiger partial charge >= 0.3 is 6.18 Å². The zero-order chi connectivity index (χ0) is 48.5. The van der Waals surface area contributed by atoms with Crippen molar-refractivity contribution >= 4 is 28.9 Å². The van der Waals surface area contributed by atoms with Crippen molar-refractivity contribution in [3.63, 3.8) is 0 Å². The molecule has 2 aliphatic rings. The number of allylic oxidation sites excluding steroid dienone is 4. The van der Waals surface area contributed by atoms with Gasteiger partial charge in [-0.25, -0.2) is 4.98 Å². The van der Waals surface area contributed by atoms with Gasteiger partial charge in [-0.15, -0.1) is 5.10 Å². The number of aryl methyl sites for hydroxylation is 2. The molecule has 5 aromatic rings. The number of aromatic nitrogens is 4. The van der Waals surface area contributed by atoms with E-state index in [9.17, 15) is 22.8 Å². The van der Waals surface area contributed by atoms with Crippen LogP contribution in [0.4, 0.5) is 24.5 Å². The van der Waals surface area contributed by atoms with E-state index in [4.69, 9.17) is 10.5 Å². The van der Waals surface area contributed by atoms with Crippen molar-refractivity contribution in [1.82, 2.24) is 30.6 Å². The van der Waals surface area contributed by atoms with E-state index in [1.165, 1.54) is 52.1 Å². The van der Waals surface area contributed by atoms with E-state index < -0.39 is 11.9 Å². The van der Waals surface area contributed by atoms with Crippen LogP contribution in [0, 0.1) is 0 Å². The van der Waals surface area contributed by atoms with Crippen LogP contribution in [-0.2, 0) is 41.3 Å². The van der Waals surface area contributed by atoms with Gasteiger partial charge in [0.25, 0.3) is 5.91 Å². The molecule has 0 aliphatic carbocycles. The number of nitrogens with two attached hydrogens (primary N) is 1. The van der Waals surface area contributed by atoms with Crippen molar-refractivity contribution in [2.24, 2.45) is 5.73 Å². The average Bonchev–Trinajstić information content (AvgIpc) is 3.92. The number of nitrogens with one attached hydrogen (secondary N) is 2. The summed E-state index contributed by atoms with van der Waals surface area (Å²) in [5.74, 6) is -0.373. The number of pyridine rings is 1. The van der Waals surface area contributed by atoms with Gasteiger partial charge in [0.1, 0.15) is 18.0 Å². The number of unbranched alkanes of at least 4 members (excludes halogenated alkanes) is 3. The lowest BCUT2D eigenvalue weighted by Gasteiger charge is -2.23. The van der Waals surface area contributed by atoms with Crippen molar-refractivity contribution in [1.29, 1.82) is 0 Å². The number of halogens is 3. The Balaban J connectivity index is 0.785. The fourth-order valence-corrected chi connectivity index (χ4v) is 9.20. The van der Waals surface area contributed by atoms with E-state index in [0.717, 1.165) is 50.4 Å². The minimum atomic E-state index is -4.66. The maximum Gasteiger partial charge on any atom is 0.433 e. The SMILES string of the molecule is CN1/C(=C/C=C/C2=[N+](CCCCCC(=O)NCCCn3cc(CCCCNC(=O)c4cccc(Oc5cc(CN)cc(C(F)(F)F)n5)c4)nn3)c3ccccc3C2(C)C)C(C)(C)c2ccccc21. The van der Waals surface area contributed by atoms with Crippen LogP contribution in [0.2, 0.25) is 0 Å². The monoisotopic (exact) mass is 931 g/mol. The largest absolute Gasteiger partial charge is 0.439 e. The first kappa shape index (κ1) is 49.3. The first-order chi connectivity index (χ1) is 32.6. The van der Waals surface area contributed by atoms with Crippen LogP contribution in [0.3, 0.4) is 0 Å². The van der Waals surface area contributed by atoms with Gasteiger partial charge in [-0.2, -0.15) is 17.7 Å². The fourth-order valence-electron chi connectivity index (χ4n) is 9.20. The van der Waals surface area contributed by atoms with Gasteiger partial charge in [0.05, 0.1) is 11.1 Å². The lowest BCUT2D eigenvalue weighted by molar-refractivity contribution is -0.438. The summed E-state index contributed by atoms with van der Waals surface area (Å²) in [5.41, 5.74) is 13.3. The van der Waals surface area contributed by atoms with Crippen molar-refractivity contribution in [2.45, 2.75) is 109 Å². The second-order valence-electron chi connectivity index (χ2n) is 18.5. The normalized spacial score (nSPS) is 15.5. The van der Waals surface area contributed by atoms with Crippen LogP contribution in [0.1, 0.15) is 111 Å². The highest BCUT2D eigenvalue weighted by molar-refractivity contribution is 6.03. The Morgan fingerprint density at radius 3 is 2.40 bits per heavy atom. The van der Waals surface area contributed by atoms with Crippen molar-refractivity contribution in [3.05, 3.63) is 149 Å². The summed E-state index contributed by atoms with van der Waals surface area (Å²) < 4.78 is 49.7. The lowest BCUT2D eigenvalue weighted by atomic mass is 9.81. The van der Waals surface area contributed by atoms with E-state index in [1.54, 1.807) is 16.8 Å². The zero-order valence-corrected chi connectivity index (χ0v) is 39.7. The quantitative estimate of drug-likeness (QED) is 0.0488. The first-order valence-electron chi connectivity index (χ1n) is 23.5. The Hall–Kier alpha value is -6.61. The first-order valence-corrected chi connectivity index (χ1v) is 23.5. The summed E-state index contributed by atoms with van der Waals surface area (Å²) >= 11 is 0. The highest BCUT2D eigenvalue weighted by atomic mass is 19.4. The zero-order valence-electron chi connectivity index (χ0n) is 39.7. The van der Waals surface area contributed by atoms with E-state index in [2.05, 4.69) is 137 Å². The van der Waals surface area contributed by atoms with Crippen LogP contribution in [-0.4, -0.2) is 68.8 Å². The summed E-state index contributed by atoms with van der Waals surface area (Å²) in [6, 6.07) is 25.7. The number of carbonyl (C=O) groups excluding carboxylic acids is 2. The molecule has 0 bridgehead atoms. The molecule has 0 atom stereocenters. The Bertz CT molecular complexity index is 2680. The molecule has 7 rings (SSSR count). The minimum absolute atomic E-state index is 0.0594. The van der Waals surface area contributed by atoms with E-state index in [1.807, 2.05) is 6.20 Å². The average molecular weight is 931 g/mol. The highest BCUT2D eigenvalue weighted by Crippen LogP contribution is 2.47. The maximum atomic E-state index is 13.3. The molecule has 0 unspecified atom stereocenters. The van der Waals surface area contributed by atoms with Gasteiger partial charge in [-0.3, -0.25) is 14.3 Å². The number of amides is 2. The third kappa shape index (κ3) is 11.7. The van der Waals surface area contributed by atoms with E-state index in [-0.39, 0.29) is 46.4 Å². The fraction of sp³-hybridized carbons (Fsp3) is 0.396. The molecule has 0 saturated carbocycles. The summed E-state index contributed by atoms with van der Waals surface area (Å²) in [5, 5.41) is 14.4. The molecular weight excluding hydrogens is 868 g/mol. The van der Waals surface area contributed by atoms with Crippen molar-refractivity contribution in [3.8, 4) is 11.6 Å². The predicted molar refractivity (Wildman–Crippen MR) is 259 cm³/mol. The van der Waals surface area contributed by atoms with Crippen LogP contribution in [0.5, 0.6) is 11.6 Å². The van der Waals surface area contributed by atoms with Gasteiger partial charge < -0.3 is 26.0 Å². The topological polar surface area (TPSA) is 143 Å². The number of para-hydroxylation sites is 2. The number of benzene rings is 3. The smallest absolute Gasteiger partial charge is 0.433 e. The number of likely N-dealkylation sites (N-methyl/N-ethyl adjacent to an activating group) is 1. The van der Waals surface area contributed by atoms with Gasteiger partial charge in [0.2, 0.25) is 17.5 Å². The number of fused-ring (bicyclic) bond motifs is 2. The molecule has 358 valence electrons. The van der Waals surface area contributed by atoms with Crippen molar-refractivity contribution < 1.29 is 32.1 Å². The van der Waals surface area contributed by atoms with Crippen LogP contribution < -0.4 is 26.0 Å². The van der Waals surface area contributed by atoms with Gasteiger partial charge in [0, 0.05) is 98.4 Å². The van der Waals surface area contributed by atoms with Gasteiger partial charge in [0.15, 0.2) is 5.71 Å². The predicted octanol–water partition coefficient (Wildman–Crippen LogP) is 9.71. The van der Waals surface area contributed by atoms with Crippen LogP contribution >= 0.6 is 0 Å². The number of hydrogen-bond acceptors (Lipinski definition) is 8. The molecule has 4 N–H and O–H groups in total. The number of anilines is 1. The molecule has 0 radical (unpaired) electrons. The van der Waals surface area contributed by atoms with E-state index >= 15 is 0 Å². The van der Waals surface area contributed by atoms with Crippen LogP contribution in [0.25, 0.3) is 0 Å². The Kier molecular flexibility index (Phi) is 15.6. The highest BCUT2D eigenvalue weighted by Gasteiger charge is 2.44. The third-order valence-corrected chi connectivity index (χ3v) is 12.9. The molecule has 2 aromatic heterocycles. The molecule has 12 nitrogen and oxygen atoms in total. The molecule has 4 heterocycles. The molecular formula is C53H63F3N9O3+. The molecule has 0 fully saturated rings. The lowest BCUT2D eigenvalue weighted by Crippen LogP contribution is -2.28. The molecule has 15 heteroatoms. The number of ether oxygens (including phenoxy) is 1. The number of nitrogens with zero attached hydrogens (tertiary/aromatic N) is 6. The van der Waals surface area contributed by atoms with E-state index in [0.29, 0.717) is 44.5 Å². The summed E-state index contributed by atoms with van der Waals surface area (Å²) in [6.07, 6.45) is 10.1.